The second kappa shape index (κ2) is 6.89. The molecule has 114 valence electrons. The number of nitrogens with two attached hydrogens (primary N) is 1. The van der Waals surface area contributed by atoms with Crippen LogP contribution in [0.2, 0.25) is 0 Å². The third-order valence-electron chi connectivity index (χ3n) is 3.53. The minimum atomic E-state index is -3.62. The van der Waals surface area contributed by atoms with E-state index in [9.17, 15) is 8.42 Å². The summed E-state index contributed by atoms with van der Waals surface area (Å²) in [5, 5.41) is 0. The quantitative estimate of drug-likeness (QED) is 0.777. The van der Waals surface area contributed by atoms with E-state index in [0.29, 0.717) is 23.1 Å². The second-order valence-corrected chi connectivity index (χ2v) is 7.13. The van der Waals surface area contributed by atoms with Gasteiger partial charge < -0.3 is 10.5 Å². The van der Waals surface area contributed by atoms with Crippen molar-refractivity contribution in [3.63, 3.8) is 0 Å². The fourth-order valence-electron chi connectivity index (χ4n) is 1.88. The van der Waals surface area contributed by atoms with Crippen molar-refractivity contribution in [2.45, 2.75) is 37.1 Å². The Morgan fingerprint density at radius 3 is 2.35 bits per heavy atom. The maximum atomic E-state index is 12.4. The van der Waals surface area contributed by atoms with E-state index in [1.807, 2.05) is 13.8 Å². The van der Waals surface area contributed by atoms with Crippen molar-refractivity contribution < 1.29 is 13.2 Å². The van der Waals surface area contributed by atoms with Crippen LogP contribution in [0.1, 0.15) is 26.7 Å². The zero-order chi connectivity index (χ0) is 15.4. The summed E-state index contributed by atoms with van der Waals surface area (Å²) in [5.41, 5.74) is 5.13. The van der Waals surface area contributed by atoms with Crippen molar-refractivity contribution >= 4 is 26.0 Å². The molecular weight excluding hydrogens is 344 g/mol. The van der Waals surface area contributed by atoms with E-state index in [0.717, 1.165) is 0 Å². The maximum Gasteiger partial charge on any atom is 0.241 e. The van der Waals surface area contributed by atoms with E-state index in [2.05, 4.69) is 20.7 Å². The van der Waals surface area contributed by atoms with Crippen molar-refractivity contribution in [3.8, 4) is 5.75 Å². The van der Waals surface area contributed by atoms with Crippen molar-refractivity contribution in [2.75, 3.05) is 13.7 Å². The number of halogens is 1. The first-order valence-electron chi connectivity index (χ1n) is 6.41. The molecule has 0 aromatic heterocycles. The molecule has 0 unspecified atom stereocenters. The third kappa shape index (κ3) is 3.72. The van der Waals surface area contributed by atoms with Gasteiger partial charge in [0.25, 0.3) is 0 Å². The Labute approximate surface area is 129 Å². The summed E-state index contributed by atoms with van der Waals surface area (Å²) in [6.45, 7) is 4.10. The summed E-state index contributed by atoms with van der Waals surface area (Å²) in [6, 6.07) is 4.65. The van der Waals surface area contributed by atoms with E-state index in [4.69, 9.17) is 10.5 Å². The predicted octanol–water partition coefficient (Wildman–Crippen LogP) is 2.25. The summed E-state index contributed by atoms with van der Waals surface area (Å²) in [6.07, 6.45) is 1.27. The molecule has 0 bridgehead atoms. The molecule has 20 heavy (non-hydrogen) atoms. The molecule has 0 aliphatic heterocycles. The molecule has 0 amide bonds. The zero-order valence-electron chi connectivity index (χ0n) is 11.9. The summed E-state index contributed by atoms with van der Waals surface area (Å²) in [5.74, 6) is 0.583. The highest BCUT2D eigenvalue weighted by atomic mass is 79.9. The number of nitrogens with one attached hydrogen (secondary N) is 1. The van der Waals surface area contributed by atoms with Gasteiger partial charge in [0.2, 0.25) is 10.0 Å². The smallest absolute Gasteiger partial charge is 0.241 e. The standard InChI is InChI=1S/C13H21BrN2O3S/c1-4-13(5-2,9-15)16-20(17,18)10-6-7-12(19-3)11(14)8-10/h6-8,16H,4-5,9,15H2,1-3H3. The van der Waals surface area contributed by atoms with Gasteiger partial charge in [-0.15, -0.1) is 0 Å². The van der Waals surface area contributed by atoms with Gasteiger partial charge >= 0.3 is 0 Å². The maximum absolute atomic E-state index is 12.4. The van der Waals surface area contributed by atoms with E-state index in [1.165, 1.54) is 19.2 Å². The average Bonchev–Trinajstić information content (AvgIpc) is 2.44. The number of methoxy groups -OCH3 is 1. The highest BCUT2D eigenvalue weighted by Crippen LogP contribution is 2.28. The number of rotatable bonds is 7. The summed E-state index contributed by atoms with van der Waals surface area (Å²) >= 11 is 3.29. The molecule has 0 spiro atoms. The predicted molar refractivity (Wildman–Crippen MR) is 83.4 cm³/mol. The largest absolute Gasteiger partial charge is 0.496 e. The van der Waals surface area contributed by atoms with Crippen LogP contribution in [0.15, 0.2) is 27.6 Å². The van der Waals surface area contributed by atoms with Crippen molar-refractivity contribution in [2.24, 2.45) is 5.73 Å². The Morgan fingerprint density at radius 2 is 1.95 bits per heavy atom. The number of hydrogen-bond acceptors (Lipinski definition) is 4. The van der Waals surface area contributed by atoms with Gasteiger partial charge in [0, 0.05) is 12.1 Å². The molecule has 0 aliphatic carbocycles. The van der Waals surface area contributed by atoms with Crippen LogP contribution in [0.5, 0.6) is 5.75 Å². The molecule has 0 heterocycles. The van der Waals surface area contributed by atoms with Crippen molar-refractivity contribution in [1.82, 2.24) is 4.72 Å². The van der Waals surface area contributed by atoms with Gasteiger partial charge in [-0.1, -0.05) is 13.8 Å². The lowest BCUT2D eigenvalue weighted by Crippen LogP contribution is -2.52. The van der Waals surface area contributed by atoms with E-state index in [1.54, 1.807) is 6.07 Å². The molecular formula is C13H21BrN2O3S. The van der Waals surface area contributed by atoms with Crippen LogP contribution >= 0.6 is 15.9 Å². The van der Waals surface area contributed by atoms with Gasteiger partial charge in [-0.3, -0.25) is 0 Å². The topological polar surface area (TPSA) is 81.4 Å². The fraction of sp³-hybridized carbons (Fsp3) is 0.538. The third-order valence-corrected chi connectivity index (χ3v) is 5.72. The van der Waals surface area contributed by atoms with Gasteiger partial charge in [0.15, 0.2) is 0 Å². The van der Waals surface area contributed by atoms with E-state index < -0.39 is 15.6 Å². The molecule has 3 N–H and O–H groups in total. The molecule has 0 saturated heterocycles. The van der Waals surface area contributed by atoms with Crippen LogP contribution < -0.4 is 15.2 Å². The van der Waals surface area contributed by atoms with Gasteiger partial charge in [-0.25, -0.2) is 13.1 Å². The molecule has 1 rings (SSSR count). The number of ether oxygens (including phenoxy) is 1. The number of sulfonamides is 1. The fourth-order valence-corrected chi connectivity index (χ4v) is 4.16. The second-order valence-electron chi connectivity index (χ2n) is 4.59. The van der Waals surface area contributed by atoms with Gasteiger partial charge in [0.1, 0.15) is 5.75 Å². The molecule has 0 aliphatic rings. The monoisotopic (exact) mass is 364 g/mol. The first kappa shape index (κ1) is 17.4. The Morgan fingerprint density at radius 1 is 1.35 bits per heavy atom. The molecule has 7 heteroatoms. The summed E-state index contributed by atoms with van der Waals surface area (Å²) in [4.78, 5) is 0.185. The SMILES string of the molecule is CCC(CC)(CN)NS(=O)(=O)c1ccc(OC)c(Br)c1. The van der Waals surface area contributed by atoms with Crippen LogP contribution in [-0.2, 0) is 10.0 Å². The van der Waals surface area contributed by atoms with Gasteiger partial charge in [-0.2, -0.15) is 0 Å². The highest BCUT2D eigenvalue weighted by Gasteiger charge is 2.31. The molecule has 0 atom stereocenters. The average molecular weight is 365 g/mol. The normalized spacial score (nSPS) is 12.4. The molecule has 0 saturated carbocycles. The molecule has 1 aromatic carbocycles. The zero-order valence-corrected chi connectivity index (χ0v) is 14.3. The van der Waals surface area contributed by atoms with Crippen LogP contribution in [-0.4, -0.2) is 27.6 Å². The first-order valence-corrected chi connectivity index (χ1v) is 8.69. The molecule has 5 nitrogen and oxygen atoms in total. The summed E-state index contributed by atoms with van der Waals surface area (Å²) in [7, 11) is -2.09. The Bertz CT molecular complexity index is 548. The lowest BCUT2D eigenvalue weighted by Gasteiger charge is -2.31. The van der Waals surface area contributed by atoms with Gasteiger partial charge in [-0.05, 0) is 47.0 Å². The van der Waals surface area contributed by atoms with Crippen LogP contribution in [0.4, 0.5) is 0 Å². The molecule has 0 fully saturated rings. The van der Waals surface area contributed by atoms with Crippen molar-refractivity contribution in [3.05, 3.63) is 22.7 Å². The van der Waals surface area contributed by atoms with E-state index in [-0.39, 0.29) is 11.4 Å². The Balaban J connectivity index is 3.14. The lowest BCUT2D eigenvalue weighted by atomic mass is 9.95. The highest BCUT2D eigenvalue weighted by molar-refractivity contribution is 9.10. The minimum absolute atomic E-state index is 0.185. The van der Waals surface area contributed by atoms with E-state index >= 15 is 0 Å². The Kier molecular flexibility index (Phi) is 6.00. The lowest BCUT2D eigenvalue weighted by molar-refractivity contribution is 0.363. The van der Waals surface area contributed by atoms with Crippen molar-refractivity contribution in [1.29, 1.82) is 0 Å². The van der Waals surface area contributed by atoms with Crippen LogP contribution in [0.25, 0.3) is 0 Å². The summed E-state index contributed by atoms with van der Waals surface area (Å²) < 4.78 is 33.3. The number of benzene rings is 1. The van der Waals surface area contributed by atoms with Crippen LogP contribution in [0.3, 0.4) is 0 Å². The Hall–Kier alpha value is -0.630. The number of hydrogen-bond donors (Lipinski definition) is 2. The molecule has 1 aromatic rings. The van der Waals surface area contributed by atoms with Gasteiger partial charge in [0.05, 0.1) is 16.5 Å². The van der Waals surface area contributed by atoms with Crippen LogP contribution in [0, 0.1) is 0 Å². The minimum Gasteiger partial charge on any atom is -0.496 e. The molecule has 0 radical (unpaired) electrons. The first-order chi connectivity index (χ1) is 9.34.